The lowest BCUT2D eigenvalue weighted by molar-refractivity contribution is 0.401. The minimum Gasteiger partial charge on any atom is -0.479 e. The van der Waals surface area contributed by atoms with Crippen molar-refractivity contribution in [3.05, 3.63) is 10.8 Å². The average molecular weight is 157 g/mol. The summed E-state index contributed by atoms with van der Waals surface area (Å²) < 4.78 is 8.54. The Morgan fingerprint density at radius 1 is 1.70 bits per heavy atom. The molecule has 10 heavy (non-hydrogen) atoms. The first-order chi connectivity index (χ1) is 4.74. The van der Waals surface area contributed by atoms with E-state index in [1.54, 1.807) is 6.92 Å². The van der Waals surface area contributed by atoms with Gasteiger partial charge in [0.1, 0.15) is 5.82 Å². The van der Waals surface area contributed by atoms with Gasteiger partial charge in [0, 0.05) is 0 Å². The summed E-state index contributed by atoms with van der Waals surface area (Å²) in [6, 6.07) is 0. The second-order valence-electron chi connectivity index (χ2n) is 1.68. The van der Waals surface area contributed by atoms with E-state index >= 15 is 0 Å². The highest BCUT2D eigenvalue weighted by Crippen LogP contribution is 2.03. The molecular formula is C5H7N3OS. The molecule has 0 bridgehead atoms. The fourth-order valence-electron chi connectivity index (χ4n) is 0.477. The van der Waals surface area contributed by atoms with Crippen LogP contribution in [0.25, 0.3) is 0 Å². The van der Waals surface area contributed by atoms with Crippen LogP contribution in [-0.2, 0) is 4.74 Å². The molecule has 0 atom stereocenters. The SMILES string of the molecule is COC(=N)c1nc(C)ns1. The lowest BCUT2D eigenvalue weighted by atomic mass is 10.6. The zero-order valence-electron chi connectivity index (χ0n) is 5.71. The van der Waals surface area contributed by atoms with Gasteiger partial charge in [-0.1, -0.05) is 0 Å². The average Bonchev–Trinajstić information content (AvgIpc) is 2.34. The fourth-order valence-corrected chi connectivity index (χ4v) is 1.08. The molecule has 0 saturated heterocycles. The summed E-state index contributed by atoms with van der Waals surface area (Å²) in [4.78, 5) is 3.94. The van der Waals surface area contributed by atoms with Crippen molar-refractivity contribution < 1.29 is 4.74 Å². The maximum absolute atomic E-state index is 7.18. The van der Waals surface area contributed by atoms with Gasteiger partial charge in [-0.2, -0.15) is 4.37 Å². The molecule has 0 saturated carbocycles. The summed E-state index contributed by atoms with van der Waals surface area (Å²) in [6.45, 7) is 1.78. The first-order valence-electron chi connectivity index (χ1n) is 2.67. The van der Waals surface area contributed by atoms with E-state index in [1.807, 2.05) is 0 Å². The molecule has 1 aromatic rings. The van der Waals surface area contributed by atoms with E-state index in [1.165, 1.54) is 18.6 Å². The molecule has 0 fully saturated rings. The van der Waals surface area contributed by atoms with Crippen molar-refractivity contribution in [2.24, 2.45) is 0 Å². The fraction of sp³-hybridized carbons (Fsp3) is 0.400. The maximum atomic E-state index is 7.18. The number of rotatable bonds is 1. The molecule has 1 N–H and O–H groups in total. The van der Waals surface area contributed by atoms with Crippen molar-refractivity contribution in [3.63, 3.8) is 0 Å². The van der Waals surface area contributed by atoms with Crippen molar-refractivity contribution in [2.75, 3.05) is 7.11 Å². The molecule has 0 aromatic carbocycles. The number of hydrogen-bond acceptors (Lipinski definition) is 5. The second kappa shape index (κ2) is 2.74. The van der Waals surface area contributed by atoms with Gasteiger partial charge in [0.2, 0.25) is 5.90 Å². The molecular weight excluding hydrogens is 150 g/mol. The van der Waals surface area contributed by atoms with Gasteiger partial charge < -0.3 is 4.74 Å². The van der Waals surface area contributed by atoms with Gasteiger partial charge in [0.25, 0.3) is 0 Å². The summed E-state index contributed by atoms with van der Waals surface area (Å²) in [5.41, 5.74) is 0. The van der Waals surface area contributed by atoms with Crippen molar-refractivity contribution in [2.45, 2.75) is 6.92 Å². The first kappa shape index (κ1) is 7.14. The van der Waals surface area contributed by atoms with Crippen molar-refractivity contribution in [1.82, 2.24) is 9.36 Å². The maximum Gasteiger partial charge on any atom is 0.244 e. The predicted octanol–water partition coefficient (Wildman–Crippen LogP) is 0.818. The number of aromatic nitrogens is 2. The number of aryl methyl sites for hydroxylation is 1. The molecule has 54 valence electrons. The number of hydrogen-bond donors (Lipinski definition) is 1. The van der Waals surface area contributed by atoms with E-state index in [-0.39, 0.29) is 5.90 Å². The Morgan fingerprint density at radius 3 is 2.80 bits per heavy atom. The van der Waals surface area contributed by atoms with Gasteiger partial charge in [-0.25, -0.2) is 4.98 Å². The van der Waals surface area contributed by atoms with E-state index in [9.17, 15) is 0 Å². The number of methoxy groups -OCH3 is 1. The quantitative estimate of drug-likeness (QED) is 0.485. The van der Waals surface area contributed by atoms with Crippen LogP contribution >= 0.6 is 11.5 Å². The zero-order valence-corrected chi connectivity index (χ0v) is 6.53. The van der Waals surface area contributed by atoms with Crippen molar-refractivity contribution >= 4 is 17.4 Å². The standard InChI is InChI=1S/C5H7N3OS/c1-3-7-5(10-8-3)4(6)9-2/h6H,1-2H3. The van der Waals surface area contributed by atoms with Crippen LogP contribution in [0.5, 0.6) is 0 Å². The summed E-state index contributed by atoms with van der Waals surface area (Å²) >= 11 is 1.17. The molecule has 0 aliphatic rings. The molecule has 1 heterocycles. The highest BCUT2D eigenvalue weighted by atomic mass is 32.1. The Hall–Kier alpha value is -0.970. The Bertz CT molecular complexity index is 245. The topological polar surface area (TPSA) is 58.9 Å². The number of nitrogens with one attached hydrogen (secondary N) is 1. The lowest BCUT2D eigenvalue weighted by Gasteiger charge is -1.92. The highest BCUT2D eigenvalue weighted by molar-refractivity contribution is 7.07. The van der Waals surface area contributed by atoms with Crippen LogP contribution < -0.4 is 0 Å². The van der Waals surface area contributed by atoms with Gasteiger partial charge in [0.05, 0.1) is 7.11 Å². The molecule has 4 nitrogen and oxygen atoms in total. The molecule has 5 heteroatoms. The highest BCUT2D eigenvalue weighted by Gasteiger charge is 2.05. The number of nitrogens with zero attached hydrogens (tertiary/aromatic N) is 2. The summed E-state index contributed by atoms with van der Waals surface area (Å²) in [5, 5.41) is 7.71. The Kier molecular flexibility index (Phi) is 1.96. The third-order valence-corrected chi connectivity index (χ3v) is 1.73. The molecule has 0 spiro atoms. The molecule has 0 aliphatic heterocycles. The van der Waals surface area contributed by atoms with E-state index in [2.05, 4.69) is 14.1 Å². The summed E-state index contributed by atoms with van der Waals surface area (Å²) in [6.07, 6.45) is 0. The smallest absolute Gasteiger partial charge is 0.244 e. The molecule has 0 unspecified atom stereocenters. The van der Waals surface area contributed by atoms with Crippen LogP contribution in [0.3, 0.4) is 0 Å². The number of ether oxygens (including phenoxy) is 1. The molecule has 0 aliphatic carbocycles. The second-order valence-corrected chi connectivity index (χ2v) is 2.43. The minimum atomic E-state index is 0.0746. The Labute approximate surface area is 62.5 Å². The lowest BCUT2D eigenvalue weighted by Crippen LogP contribution is -1.99. The molecule has 1 aromatic heterocycles. The third kappa shape index (κ3) is 1.30. The Balaban J connectivity index is 2.85. The van der Waals surface area contributed by atoms with Gasteiger partial charge in [-0.3, -0.25) is 5.41 Å². The first-order valence-corrected chi connectivity index (χ1v) is 3.44. The van der Waals surface area contributed by atoms with E-state index in [0.29, 0.717) is 10.8 Å². The van der Waals surface area contributed by atoms with Gasteiger partial charge in [-0.15, -0.1) is 0 Å². The Morgan fingerprint density at radius 2 is 2.40 bits per heavy atom. The van der Waals surface area contributed by atoms with Crippen molar-refractivity contribution in [3.8, 4) is 0 Å². The summed E-state index contributed by atoms with van der Waals surface area (Å²) in [7, 11) is 1.44. The molecule has 0 amide bonds. The molecule has 0 radical (unpaired) electrons. The van der Waals surface area contributed by atoms with Crippen LogP contribution in [0.15, 0.2) is 0 Å². The summed E-state index contributed by atoms with van der Waals surface area (Å²) in [5.74, 6) is 0.757. The normalized spacial score (nSPS) is 9.40. The van der Waals surface area contributed by atoms with Crippen LogP contribution in [0.4, 0.5) is 0 Å². The molecule has 1 rings (SSSR count). The van der Waals surface area contributed by atoms with Gasteiger partial charge in [0.15, 0.2) is 5.01 Å². The predicted molar refractivity (Wildman–Crippen MR) is 38.5 cm³/mol. The van der Waals surface area contributed by atoms with Gasteiger partial charge >= 0.3 is 0 Å². The van der Waals surface area contributed by atoms with Crippen LogP contribution in [0.2, 0.25) is 0 Å². The van der Waals surface area contributed by atoms with Crippen molar-refractivity contribution in [1.29, 1.82) is 5.41 Å². The van der Waals surface area contributed by atoms with E-state index in [4.69, 9.17) is 5.41 Å². The van der Waals surface area contributed by atoms with E-state index in [0.717, 1.165) is 0 Å². The monoisotopic (exact) mass is 157 g/mol. The van der Waals surface area contributed by atoms with E-state index < -0.39 is 0 Å². The minimum absolute atomic E-state index is 0.0746. The zero-order chi connectivity index (χ0) is 7.56. The van der Waals surface area contributed by atoms with Gasteiger partial charge in [-0.05, 0) is 18.5 Å². The largest absolute Gasteiger partial charge is 0.479 e. The van der Waals surface area contributed by atoms with Crippen LogP contribution in [0, 0.1) is 12.3 Å². The third-order valence-electron chi connectivity index (χ3n) is 0.926. The van der Waals surface area contributed by atoms with Crippen LogP contribution in [0.1, 0.15) is 10.8 Å². The van der Waals surface area contributed by atoms with Crippen LogP contribution in [-0.4, -0.2) is 22.4 Å².